The van der Waals surface area contributed by atoms with E-state index in [0.29, 0.717) is 17.3 Å². The lowest BCUT2D eigenvalue weighted by atomic mass is 10.0. The Bertz CT molecular complexity index is 426. The number of aryl methyl sites for hydroxylation is 1. The number of aromatic nitrogens is 2. The second-order valence-corrected chi connectivity index (χ2v) is 6.20. The summed E-state index contributed by atoms with van der Waals surface area (Å²) >= 11 is 1.99. The summed E-state index contributed by atoms with van der Waals surface area (Å²) in [6, 6.07) is 0. The van der Waals surface area contributed by atoms with Crippen LogP contribution in [-0.2, 0) is 6.42 Å². The van der Waals surface area contributed by atoms with Crippen LogP contribution < -0.4 is 11.1 Å². The number of nitrogens with one attached hydrogen (secondary N) is 2. The van der Waals surface area contributed by atoms with E-state index in [4.69, 9.17) is 5.73 Å². The number of anilines is 1. The molecule has 0 radical (unpaired) electrons. The van der Waals surface area contributed by atoms with Gasteiger partial charge in [0.25, 0.3) is 5.91 Å². The summed E-state index contributed by atoms with van der Waals surface area (Å²) in [6.07, 6.45) is 4.17. The molecule has 0 aliphatic carbocycles. The Morgan fingerprint density at radius 3 is 2.95 bits per heavy atom. The minimum atomic E-state index is -0.158. The molecule has 1 fully saturated rings. The SMILES string of the molecule is CCCc1[nH]nc(C(=O)NCC2CCSCC2)c1N. The van der Waals surface area contributed by atoms with E-state index in [9.17, 15) is 4.79 Å². The molecular weight excluding hydrogens is 260 g/mol. The lowest BCUT2D eigenvalue weighted by molar-refractivity contribution is 0.0942. The van der Waals surface area contributed by atoms with Crippen LogP contribution in [0.3, 0.4) is 0 Å². The van der Waals surface area contributed by atoms with Crippen molar-refractivity contribution in [2.45, 2.75) is 32.6 Å². The van der Waals surface area contributed by atoms with E-state index in [1.165, 1.54) is 24.3 Å². The number of hydrogen-bond acceptors (Lipinski definition) is 4. The molecule has 1 aliphatic rings. The summed E-state index contributed by atoms with van der Waals surface area (Å²) in [7, 11) is 0. The highest BCUT2D eigenvalue weighted by molar-refractivity contribution is 7.99. The van der Waals surface area contributed by atoms with E-state index >= 15 is 0 Å². The van der Waals surface area contributed by atoms with Gasteiger partial charge in [-0.2, -0.15) is 16.9 Å². The summed E-state index contributed by atoms with van der Waals surface area (Å²) in [5.74, 6) is 2.84. The van der Waals surface area contributed by atoms with Gasteiger partial charge in [-0.3, -0.25) is 9.89 Å². The Morgan fingerprint density at radius 2 is 2.26 bits per heavy atom. The van der Waals surface area contributed by atoms with Crippen LogP contribution in [0.5, 0.6) is 0 Å². The molecule has 0 bridgehead atoms. The van der Waals surface area contributed by atoms with Gasteiger partial charge < -0.3 is 11.1 Å². The van der Waals surface area contributed by atoms with E-state index in [1.807, 2.05) is 11.8 Å². The highest BCUT2D eigenvalue weighted by Gasteiger charge is 2.19. The third kappa shape index (κ3) is 3.65. The Morgan fingerprint density at radius 1 is 1.53 bits per heavy atom. The zero-order valence-electron chi connectivity index (χ0n) is 11.4. The van der Waals surface area contributed by atoms with Crippen molar-refractivity contribution in [3.05, 3.63) is 11.4 Å². The largest absolute Gasteiger partial charge is 0.395 e. The Labute approximate surface area is 118 Å². The normalized spacial score (nSPS) is 16.5. The number of amides is 1. The summed E-state index contributed by atoms with van der Waals surface area (Å²) in [5.41, 5.74) is 7.64. The van der Waals surface area contributed by atoms with Crippen LogP contribution in [0.15, 0.2) is 0 Å². The van der Waals surface area contributed by atoms with Gasteiger partial charge in [0.2, 0.25) is 0 Å². The van der Waals surface area contributed by atoms with Gasteiger partial charge in [-0.1, -0.05) is 13.3 Å². The van der Waals surface area contributed by atoms with E-state index < -0.39 is 0 Å². The molecule has 19 heavy (non-hydrogen) atoms. The van der Waals surface area contributed by atoms with E-state index in [2.05, 4.69) is 22.4 Å². The molecule has 0 spiro atoms. The zero-order valence-corrected chi connectivity index (χ0v) is 12.2. The number of rotatable bonds is 5. The average Bonchev–Trinajstić information content (AvgIpc) is 2.79. The summed E-state index contributed by atoms with van der Waals surface area (Å²) in [4.78, 5) is 12.0. The van der Waals surface area contributed by atoms with Crippen LogP contribution in [0.4, 0.5) is 5.69 Å². The fourth-order valence-corrected chi connectivity index (χ4v) is 3.48. The van der Waals surface area contributed by atoms with Gasteiger partial charge in [-0.05, 0) is 36.7 Å². The maximum absolute atomic E-state index is 12.0. The number of carbonyl (C=O) groups excluding carboxylic acids is 1. The highest BCUT2D eigenvalue weighted by atomic mass is 32.2. The van der Waals surface area contributed by atoms with Gasteiger partial charge in [0, 0.05) is 6.54 Å². The van der Waals surface area contributed by atoms with Gasteiger partial charge >= 0.3 is 0 Å². The first kappa shape index (κ1) is 14.2. The third-order valence-corrected chi connectivity index (χ3v) is 4.54. The standard InChI is InChI=1S/C13H22N4OS/c1-2-3-10-11(14)12(17-16-10)13(18)15-8-9-4-6-19-7-5-9/h9H,2-8,14H2,1H3,(H,15,18)(H,16,17). The third-order valence-electron chi connectivity index (χ3n) is 3.49. The van der Waals surface area contributed by atoms with Crippen LogP contribution in [0.2, 0.25) is 0 Å². The average molecular weight is 282 g/mol. The van der Waals surface area contributed by atoms with Gasteiger partial charge in [0.05, 0.1) is 11.4 Å². The number of nitrogens with zero attached hydrogens (tertiary/aromatic N) is 1. The molecule has 1 aliphatic heterocycles. The molecule has 1 aromatic heterocycles. The molecule has 6 heteroatoms. The summed E-state index contributed by atoms with van der Waals surface area (Å²) < 4.78 is 0. The summed E-state index contributed by atoms with van der Waals surface area (Å²) in [6.45, 7) is 2.80. The molecule has 0 unspecified atom stereocenters. The Kier molecular flexibility index (Phi) is 5.13. The van der Waals surface area contributed by atoms with Crippen molar-refractivity contribution < 1.29 is 4.79 Å². The van der Waals surface area contributed by atoms with Crippen molar-refractivity contribution in [3.63, 3.8) is 0 Å². The van der Waals surface area contributed by atoms with E-state index in [1.54, 1.807) is 0 Å². The first-order chi connectivity index (χ1) is 9.22. The van der Waals surface area contributed by atoms with Crippen molar-refractivity contribution in [3.8, 4) is 0 Å². The fourth-order valence-electron chi connectivity index (χ4n) is 2.27. The molecule has 1 aromatic rings. The number of hydrogen-bond donors (Lipinski definition) is 3. The van der Waals surface area contributed by atoms with Gasteiger partial charge in [-0.25, -0.2) is 0 Å². The van der Waals surface area contributed by atoms with Crippen molar-refractivity contribution in [1.82, 2.24) is 15.5 Å². The Hall–Kier alpha value is -1.17. The molecule has 0 saturated carbocycles. The van der Waals surface area contributed by atoms with Crippen molar-refractivity contribution in [1.29, 1.82) is 0 Å². The first-order valence-electron chi connectivity index (χ1n) is 6.91. The predicted molar refractivity (Wildman–Crippen MR) is 79.4 cm³/mol. The molecule has 5 nitrogen and oxygen atoms in total. The fraction of sp³-hybridized carbons (Fsp3) is 0.692. The quantitative estimate of drug-likeness (QED) is 0.769. The molecule has 2 rings (SSSR count). The topological polar surface area (TPSA) is 83.8 Å². The number of nitrogen functional groups attached to an aromatic ring is 1. The van der Waals surface area contributed by atoms with Gasteiger partial charge in [0.1, 0.15) is 0 Å². The summed E-state index contributed by atoms with van der Waals surface area (Å²) in [5, 5.41) is 9.84. The lowest BCUT2D eigenvalue weighted by Crippen LogP contribution is -2.31. The number of nitrogens with two attached hydrogens (primary N) is 1. The van der Waals surface area contributed by atoms with Gasteiger partial charge in [-0.15, -0.1) is 0 Å². The number of thioether (sulfide) groups is 1. The predicted octanol–water partition coefficient (Wildman–Crippen LogP) is 1.82. The zero-order chi connectivity index (χ0) is 13.7. The van der Waals surface area contributed by atoms with Crippen LogP contribution in [0.1, 0.15) is 42.4 Å². The van der Waals surface area contributed by atoms with Crippen LogP contribution in [0, 0.1) is 5.92 Å². The first-order valence-corrected chi connectivity index (χ1v) is 8.06. The number of aromatic amines is 1. The molecule has 4 N–H and O–H groups in total. The number of carbonyl (C=O) groups is 1. The minimum absolute atomic E-state index is 0.158. The minimum Gasteiger partial charge on any atom is -0.395 e. The van der Waals surface area contributed by atoms with Crippen molar-refractivity contribution in [2.75, 3.05) is 23.8 Å². The van der Waals surface area contributed by atoms with Crippen LogP contribution >= 0.6 is 11.8 Å². The van der Waals surface area contributed by atoms with E-state index in [-0.39, 0.29) is 5.91 Å². The van der Waals surface area contributed by atoms with Crippen LogP contribution in [0.25, 0.3) is 0 Å². The van der Waals surface area contributed by atoms with Crippen LogP contribution in [-0.4, -0.2) is 34.2 Å². The molecule has 0 aromatic carbocycles. The van der Waals surface area contributed by atoms with E-state index in [0.717, 1.165) is 25.1 Å². The second-order valence-electron chi connectivity index (χ2n) is 4.98. The second kappa shape index (κ2) is 6.84. The molecular formula is C13H22N4OS. The molecule has 1 saturated heterocycles. The van der Waals surface area contributed by atoms with Crippen molar-refractivity contribution in [2.24, 2.45) is 5.92 Å². The molecule has 2 heterocycles. The van der Waals surface area contributed by atoms with Gasteiger partial charge in [0.15, 0.2) is 5.69 Å². The highest BCUT2D eigenvalue weighted by Crippen LogP contribution is 2.22. The molecule has 106 valence electrons. The monoisotopic (exact) mass is 282 g/mol. The maximum atomic E-state index is 12.0. The Balaban J connectivity index is 1.88. The molecule has 1 amide bonds. The number of H-pyrrole nitrogens is 1. The van der Waals surface area contributed by atoms with Crippen molar-refractivity contribution >= 4 is 23.4 Å². The maximum Gasteiger partial charge on any atom is 0.273 e. The molecule has 0 atom stereocenters. The lowest BCUT2D eigenvalue weighted by Gasteiger charge is -2.21. The smallest absolute Gasteiger partial charge is 0.273 e.